The zero-order valence-electron chi connectivity index (χ0n) is 14.4. The maximum atomic E-state index is 12.1. The van der Waals surface area contributed by atoms with Crippen molar-refractivity contribution in [3.63, 3.8) is 0 Å². The molecule has 1 N–H and O–H groups in total. The van der Waals surface area contributed by atoms with Crippen molar-refractivity contribution in [3.05, 3.63) is 64.7 Å². The van der Waals surface area contributed by atoms with E-state index in [1.165, 1.54) is 5.39 Å². The molecule has 1 aromatic carbocycles. The third-order valence-corrected chi connectivity index (χ3v) is 5.02. The maximum absolute atomic E-state index is 12.1. The van der Waals surface area contributed by atoms with Crippen LogP contribution in [0.25, 0.3) is 10.8 Å². The smallest absolute Gasteiger partial charge is 0.267 e. The number of fused-ring (bicyclic) bond motifs is 1. The fourth-order valence-corrected chi connectivity index (χ4v) is 3.68. The van der Waals surface area contributed by atoms with Crippen LogP contribution in [0.4, 0.5) is 5.82 Å². The van der Waals surface area contributed by atoms with Crippen LogP contribution in [0.5, 0.6) is 0 Å². The number of nitrogens with zero attached hydrogens (tertiary/aromatic N) is 3. The fraction of sp³-hybridized carbons (Fsp3) is 0.350. The summed E-state index contributed by atoms with van der Waals surface area (Å²) in [6.45, 7) is 1.93. The number of hydrogen-bond donors (Lipinski definition) is 1. The van der Waals surface area contributed by atoms with Crippen molar-refractivity contribution >= 4 is 16.6 Å². The minimum Gasteiger partial charge on any atom is -0.367 e. The van der Waals surface area contributed by atoms with Gasteiger partial charge in [0, 0.05) is 23.7 Å². The summed E-state index contributed by atoms with van der Waals surface area (Å²) in [6.07, 6.45) is 5.79. The van der Waals surface area contributed by atoms with Crippen LogP contribution in [0.2, 0.25) is 0 Å². The van der Waals surface area contributed by atoms with Gasteiger partial charge in [0.15, 0.2) is 0 Å². The summed E-state index contributed by atoms with van der Waals surface area (Å²) in [5.74, 6) is 0.951. The quantitative estimate of drug-likeness (QED) is 0.793. The van der Waals surface area contributed by atoms with Crippen molar-refractivity contribution in [2.45, 2.75) is 44.7 Å². The molecule has 1 aliphatic carbocycles. The lowest BCUT2D eigenvalue weighted by atomic mass is 9.91. The highest BCUT2D eigenvalue weighted by Crippen LogP contribution is 2.30. The second-order valence-electron chi connectivity index (χ2n) is 6.79. The van der Waals surface area contributed by atoms with Crippen LogP contribution in [-0.4, -0.2) is 20.8 Å². The lowest BCUT2D eigenvalue weighted by molar-refractivity contribution is 0.302. The minimum absolute atomic E-state index is 0.00210. The summed E-state index contributed by atoms with van der Waals surface area (Å²) in [6, 6.07) is 14.3. The largest absolute Gasteiger partial charge is 0.367 e. The van der Waals surface area contributed by atoms with Crippen LogP contribution in [0.1, 0.15) is 37.4 Å². The van der Waals surface area contributed by atoms with Gasteiger partial charge >= 0.3 is 0 Å². The van der Waals surface area contributed by atoms with Crippen molar-refractivity contribution < 1.29 is 0 Å². The summed E-state index contributed by atoms with van der Waals surface area (Å²) >= 11 is 0. The van der Waals surface area contributed by atoms with E-state index in [4.69, 9.17) is 0 Å². The maximum Gasteiger partial charge on any atom is 0.267 e. The standard InChI is InChI=1S/C20H22N4O/c1-14-6-11-19(25)24(23-14)17-9-7-16(8-10-17)22-20-18-5-3-2-4-15(18)12-13-21-20/h2-6,11-13,16-17H,7-10H2,1H3,(H,21,22). The number of rotatable bonds is 3. The molecule has 25 heavy (non-hydrogen) atoms. The molecule has 0 radical (unpaired) electrons. The normalized spacial score (nSPS) is 20.5. The van der Waals surface area contributed by atoms with E-state index in [1.807, 2.05) is 31.3 Å². The average molecular weight is 334 g/mol. The Morgan fingerprint density at radius 3 is 2.68 bits per heavy atom. The number of nitrogens with one attached hydrogen (secondary N) is 1. The van der Waals surface area contributed by atoms with E-state index in [2.05, 4.69) is 27.5 Å². The van der Waals surface area contributed by atoms with Crippen LogP contribution in [0.3, 0.4) is 0 Å². The Morgan fingerprint density at radius 2 is 1.84 bits per heavy atom. The Labute approximate surface area is 146 Å². The highest BCUT2D eigenvalue weighted by atomic mass is 16.1. The summed E-state index contributed by atoms with van der Waals surface area (Å²) in [5, 5.41) is 10.4. The second-order valence-corrected chi connectivity index (χ2v) is 6.79. The van der Waals surface area contributed by atoms with Crippen LogP contribution in [-0.2, 0) is 0 Å². The van der Waals surface area contributed by atoms with Gasteiger partial charge in [-0.15, -0.1) is 0 Å². The van der Waals surface area contributed by atoms with Gasteiger partial charge in [0.25, 0.3) is 5.56 Å². The van der Waals surface area contributed by atoms with Gasteiger partial charge in [0.05, 0.1) is 11.7 Å². The molecule has 2 aromatic heterocycles. The van der Waals surface area contributed by atoms with Crippen LogP contribution in [0, 0.1) is 6.92 Å². The van der Waals surface area contributed by atoms with Gasteiger partial charge in [-0.05, 0) is 50.1 Å². The molecule has 0 amide bonds. The van der Waals surface area contributed by atoms with E-state index < -0.39 is 0 Å². The number of anilines is 1. The molecule has 0 bridgehead atoms. The van der Waals surface area contributed by atoms with Gasteiger partial charge in [-0.25, -0.2) is 9.67 Å². The molecule has 3 aromatic rings. The first-order valence-corrected chi connectivity index (χ1v) is 8.87. The summed E-state index contributed by atoms with van der Waals surface area (Å²) < 4.78 is 1.67. The predicted octanol–water partition coefficient (Wildman–Crippen LogP) is 3.70. The summed E-state index contributed by atoms with van der Waals surface area (Å²) in [7, 11) is 0. The summed E-state index contributed by atoms with van der Waals surface area (Å²) in [4.78, 5) is 16.6. The Balaban J connectivity index is 1.47. The zero-order chi connectivity index (χ0) is 17.2. The molecule has 5 nitrogen and oxygen atoms in total. The van der Waals surface area contributed by atoms with E-state index in [0.29, 0.717) is 6.04 Å². The third-order valence-electron chi connectivity index (χ3n) is 5.02. The molecular weight excluding hydrogens is 312 g/mol. The Morgan fingerprint density at radius 1 is 1.04 bits per heavy atom. The fourth-order valence-electron chi connectivity index (χ4n) is 3.68. The monoisotopic (exact) mass is 334 g/mol. The summed E-state index contributed by atoms with van der Waals surface area (Å²) in [5.41, 5.74) is 0.887. The SMILES string of the molecule is Cc1ccc(=O)n(C2CCC(Nc3nccc4ccccc34)CC2)n1. The van der Waals surface area contributed by atoms with E-state index in [-0.39, 0.29) is 11.6 Å². The molecule has 0 aliphatic heterocycles. The van der Waals surface area contributed by atoms with Crippen LogP contribution >= 0.6 is 0 Å². The topological polar surface area (TPSA) is 59.8 Å². The molecule has 0 saturated heterocycles. The van der Waals surface area contributed by atoms with Gasteiger partial charge in [0.2, 0.25) is 0 Å². The minimum atomic E-state index is -0.00210. The number of hydrogen-bond acceptors (Lipinski definition) is 4. The van der Waals surface area contributed by atoms with Crippen molar-refractivity contribution in [1.29, 1.82) is 0 Å². The Hall–Kier alpha value is -2.69. The van der Waals surface area contributed by atoms with Crippen molar-refractivity contribution in [3.8, 4) is 0 Å². The van der Waals surface area contributed by atoms with E-state index in [9.17, 15) is 4.79 Å². The first-order valence-electron chi connectivity index (χ1n) is 8.87. The first kappa shape index (κ1) is 15.8. The lowest BCUT2D eigenvalue weighted by Crippen LogP contribution is -2.33. The second kappa shape index (κ2) is 6.67. The third kappa shape index (κ3) is 3.27. The molecule has 5 heteroatoms. The molecule has 1 saturated carbocycles. The molecule has 0 unspecified atom stereocenters. The molecular formula is C20H22N4O. The zero-order valence-corrected chi connectivity index (χ0v) is 14.4. The number of aromatic nitrogens is 3. The van der Waals surface area contributed by atoms with Crippen LogP contribution in [0.15, 0.2) is 53.5 Å². The predicted molar refractivity (Wildman–Crippen MR) is 99.9 cm³/mol. The van der Waals surface area contributed by atoms with Crippen molar-refractivity contribution in [1.82, 2.24) is 14.8 Å². The number of benzene rings is 1. The van der Waals surface area contributed by atoms with E-state index in [1.54, 1.807) is 16.8 Å². The van der Waals surface area contributed by atoms with Gasteiger partial charge in [-0.1, -0.05) is 24.3 Å². The number of pyridine rings is 1. The van der Waals surface area contributed by atoms with Gasteiger partial charge < -0.3 is 5.32 Å². The van der Waals surface area contributed by atoms with Gasteiger partial charge in [-0.2, -0.15) is 5.10 Å². The molecule has 4 rings (SSSR count). The number of aryl methyl sites for hydroxylation is 1. The first-order chi connectivity index (χ1) is 12.2. The molecule has 1 fully saturated rings. The van der Waals surface area contributed by atoms with Gasteiger partial charge in [-0.3, -0.25) is 4.79 Å². The van der Waals surface area contributed by atoms with Crippen LogP contribution < -0.4 is 10.9 Å². The molecule has 0 spiro atoms. The lowest BCUT2D eigenvalue weighted by Gasteiger charge is -2.30. The molecule has 128 valence electrons. The van der Waals surface area contributed by atoms with E-state index in [0.717, 1.165) is 42.6 Å². The van der Waals surface area contributed by atoms with Crippen molar-refractivity contribution in [2.75, 3.05) is 5.32 Å². The molecule has 1 aliphatic rings. The Bertz CT molecular complexity index is 936. The molecule has 2 heterocycles. The average Bonchev–Trinajstić information content (AvgIpc) is 2.65. The van der Waals surface area contributed by atoms with Gasteiger partial charge in [0.1, 0.15) is 5.82 Å². The highest BCUT2D eigenvalue weighted by Gasteiger charge is 2.24. The van der Waals surface area contributed by atoms with Crippen molar-refractivity contribution in [2.24, 2.45) is 0 Å². The van der Waals surface area contributed by atoms with E-state index >= 15 is 0 Å². The highest BCUT2D eigenvalue weighted by molar-refractivity contribution is 5.91. The Kier molecular flexibility index (Phi) is 4.22. The molecule has 0 atom stereocenters.